The molecule has 1 aliphatic carbocycles. The van der Waals surface area contributed by atoms with E-state index in [-0.39, 0.29) is 11.7 Å². The van der Waals surface area contributed by atoms with Gasteiger partial charge in [0.05, 0.1) is 0 Å². The van der Waals surface area contributed by atoms with Gasteiger partial charge in [-0.1, -0.05) is 42.5 Å². The number of aryl methyl sites for hydroxylation is 1. The molecule has 4 heteroatoms. The number of benzene rings is 2. The third-order valence-electron chi connectivity index (χ3n) is 4.07. The molecule has 3 nitrogen and oxygen atoms in total. The zero-order chi connectivity index (χ0) is 16.2. The van der Waals surface area contributed by atoms with Crippen LogP contribution < -0.4 is 10.6 Å². The first-order chi connectivity index (χ1) is 11.1. The summed E-state index contributed by atoms with van der Waals surface area (Å²) in [7, 11) is 0. The molecule has 2 aromatic rings. The maximum atomic E-state index is 13.7. The van der Waals surface area contributed by atoms with Crippen LogP contribution in [0.25, 0.3) is 0 Å². The van der Waals surface area contributed by atoms with Crippen LogP contribution in [0.1, 0.15) is 35.6 Å². The first kappa shape index (κ1) is 15.7. The van der Waals surface area contributed by atoms with Crippen LogP contribution in [-0.2, 0) is 11.3 Å². The highest BCUT2D eigenvalue weighted by Gasteiger charge is 2.28. The molecular formula is C19H21FN2O. The van der Waals surface area contributed by atoms with Crippen molar-refractivity contribution in [3.05, 3.63) is 71.0 Å². The Labute approximate surface area is 135 Å². The Morgan fingerprint density at radius 3 is 2.61 bits per heavy atom. The molecule has 0 bridgehead atoms. The van der Waals surface area contributed by atoms with Crippen LogP contribution in [0.15, 0.2) is 48.5 Å². The van der Waals surface area contributed by atoms with Crippen molar-refractivity contribution in [2.75, 3.05) is 0 Å². The number of nitrogens with one attached hydrogen (secondary N) is 2. The Morgan fingerprint density at radius 2 is 1.96 bits per heavy atom. The Bertz CT molecular complexity index is 683. The summed E-state index contributed by atoms with van der Waals surface area (Å²) < 4.78 is 13.7. The van der Waals surface area contributed by atoms with Crippen molar-refractivity contribution in [3.8, 4) is 0 Å². The predicted molar refractivity (Wildman–Crippen MR) is 88.3 cm³/mol. The zero-order valence-electron chi connectivity index (χ0n) is 13.2. The van der Waals surface area contributed by atoms with Crippen molar-refractivity contribution < 1.29 is 9.18 Å². The molecule has 0 spiro atoms. The molecule has 0 saturated heterocycles. The lowest BCUT2D eigenvalue weighted by molar-refractivity contribution is -0.123. The Kier molecular flexibility index (Phi) is 4.72. The summed E-state index contributed by atoms with van der Waals surface area (Å²) in [5.74, 6) is -0.241. The van der Waals surface area contributed by atoms with Gasteiger partial charge in [0.2, 0.25) is 5.91 Å². The summed E-state index contributed by atoms with van der Waals surface area (Å²) in [6.07, 6.45) is 2.10. The second-order valence-corrected chi connectivity index (χ2v) is 6.09. The van der Waals surface area contributed by atoms with Gasteiger partial charge in [-0.25, -0.2) is 4.39 Å². The maximum absolute atomic E-state index is 13.7. The number of hydrogen-bond donors (Lipinski definition) is 2. The highest BCUT2D eigenvalue weighted by atomic mass is 19.1. The van der Waals surface area contributed by atoms with Gasteiger partial charge in [0.15, 0.2) is 0 Å². The molecule has 1 aliphatic rings. The van der Waals surface area contributed by atoms with Crippen LogP contribution in [0, 0.1) is 12.7 Å². The number of halogens is 1. The number of carbonyl (C=O) groups excluding carboxylic acids is 1. The van der Waals surface area contributed by atoms with Crippen molar-refractivity contribution in [2.24, 2.45) is 0 Å². The van der Waals surface area contributed by atoms with E-state index in [4.69, 9.17) is 0 Å². The van der Waals surface area contributed by atoms with E-state index in [0.717, 1.165) is 24.0 Å². The van der Waals surface area contributed by atoms with Crippen LogP contribution >= 0.6 is 0 Å². The highest BCUT2D eigenvalue weighted by molar-refractivity contribution is 5.83. The molecule has 23 heavy (non-hydrogen) atoms. The van der Waals surface area contributed by atoms with Gasteiger partial charge in [0, 0.05) is 12.6 Å². The van der Waals surface area contributed by atoms with E-state index in [9.17, 15) is 9.18 Å². The summed E-state index contributed by atoms with van der Waals surface area (Å²) in [5.41, 5.74) is 2.37. The lowest BCUT2D eigenvalue weighted by atomic mass is 10.1. The normalized spacial score (nSPS) is 15.2. The first-order valence-corrected chi connectivity index (χ1v) is 7.97. The summed E-state index contributed by atoms with van der Waals surface area (Å²) in [5, 5.41) is 6.29. The minimum atomic E-state index is -0.429. The third-order valence-corrected chi connectivity index (χ3v) is 4.07. The lowest BCUT2D eigenvalue weighted by Crippen LogP contribution is -2.38. The molecule has 1 atom stereocenters. The van der Waals surface area contributed by atoms with E-state index in [2.05, 4.69) is 10.6 Å². The second kappa shape index (κ2) is 6.92. The highest BCUT2D eigenvalue weighted by Crippen LogP contribution is 2.21. The van der Waals surface area contributed by atoms with Crippen LogP contribution in [-0.4, -0.2) is 11.9 Å². The van der Waals surface area contributed by atoms with E-state index in [1.165, 1.54) is 6.07 Å². The van der Waals surface area contributed by atoms with E-state index in [1.807, 2.05) is 36.4 Å². The molecule has 1 saturated carbocycles. The summed E-state index contributed by atoms with van der Waals surface area (Å²) in [6, 6.07) is 14.7. The van der Waals surface area contributed by atoms with Crippen molar-refractivity contribution in [3.63, 3.8) is 0 Å². The monoisotopic (exact) mass is 312 g/mol. The Hall–Kier alpha value is -2.20. The van der Waals surface area contributed by atoms with Crippen LogP contribution in [0.5, 0.6) is 0 Å². The number of amides is 1. The minimum absolute atomic E-state index is 0.0220. The predicted octanol–water partition coefficient (Wildman–Crippen LogP) is 3.24. The smallest absolute Gasteiger partial charge is 0.241 e. The molecule has 120 valence electrons. The maximum Gasteiger partial charge on any atom is 0.241 e. The molecule has 0 aliphatic heterocycles. The van der Waals surface area contributed by atoms with Crippen molar-refractivity contribution >= 4 is 5.91 Å². The van der Waals surface area contributed by atoms with Crippen LogP contribution in [0.4, 0.5) is 4.39 Å². The fourth-order valence-electron chi connectivity index (χ4n) is 2.49. The summed E-state index contributed by atoms with van der Waals surface area (Å²) in [6.45, 7) is 2.18. The molecule has 0 radical (unpaired) electrons. The molecule has 3 rings (SSSR count). The zero-order valence-corrected chi connectivity index (χ0v) is 13.2. The van der Waals surface area contributed by atoms with E-state index >= 15 is 0 Å². The summed E-state index contributed by atoms with van der Waals surface area (Å²) in [4.78, 5) is 12.5. The molecule has 1 amide bonds. The quantitative estimate of drug-likeness (QED) is 0.860. The fraction of sp³-hybridized carbons (Fsp3) is 0.316. The molecule has 2 N–H and O–H groups in total. The molecule has 1 fully saturated rings. The van der Waals surface area contributed by atoms with E-state index < -0.39 is 6.04 Å². The largest absolute Gasteiger partial charge is 0.352 e. The van der Waals surface area contributed by atoms with Gasteiger partial charge in [-0.05, 0) is 42.5 Å². The van der Waals surface area contributed by atoms with Gasteiger partial charge in [0.1, 0.15) is 11.9 Å². The average Bonchev–Trinajstić information content (AvgIpc) is 3.36. The van der Waals surface area contributed by atoms with Crippen LogP contribution in [0.2, 0.25) is 0 Å². The van der Waals surface area contributed by atoms with Gasteiger partial charge in [-0.15, -0.1) is 0 Å². The SMILES string of the molecule is Cc1ccc(CNC(C(=O)NC2CC2)c2ccccc2)cc1F. The van der Waals surface area contributed by atoms with E-state index in [0.29, 0.717) is 18.2 Å². The van der Waals surface area contributed by atoms with Crippen LogP contribution in [0.3, 0.4) is 0 Å². The molecule has 0 aromatic heterocycles. The van der Waals surface area contributed by atoms with Gasteiger partial charge >= 0.3 is 0 Å². The lowest BCUT2D eigenvalue weighted by Gasteiger charge is -2.19. The molecule has 2 aromatic carbocycles. The van der Waals surface area contributed by atoms with Crippen molar-refractivity contribution in [1.82, 2.24) is 10.6 Å². The number of hydrogen-bond acceptors (Lipinski definition) is 2. The van der Waals surface area contributed by atoms with Gasteiger partial charge in [-0.3, -0.25) is 10.1 Å². The van der Waals surface area contributed by atoms with Gasteiger partial charge in [0.25, 0.3) is 0 Å². The topological polar surface area (TPSA) is 41.1 Å². The average molecular weight is 312 g/mol. The van der Waals surface area contributed by atoms with Crippen molar-refractivity contribution in [1.29, 1.82) is 0 Å². The third kappa shape index (κ3) is 4.17. The second-order valence-electron chi connectivity index (χ2n) is 6.09. The molecule has 0 heterocycles. The standard InChI is InChI=1S/C19H21FN2O/c1-13-7-8-14(11-17(13)20)12-21-18(15-5-3-2-4-6-15)19(23)22-16-9-10-16/h2-8,11,16,18,21H,9-10,12H2,1H3,(H,22,23). The minimum Gasteiger partial charge on any atom is -0.352 e. The Balaban J connectivity index is 1.72. The van der Waals surface area contributed by atoms with E-state index in [1.54, 1.807) is 13.0 Å². The first-order valence-electron chi connectivity index (χ1n) is 7.97. The molecular weight excluding hydrogens is 291 g/mol. The number of rotatable bonds is 6. The summed E-state index contributed by atoms with van der Waals surface area (Å²) >= 11 is 0. The Morgan fingerprint density at radius 1 is 1.22 bits per heavy atom. The van der Waals surface area contributed by atoms with Crippen molar-refractivity contribution in [2.45, 2.75) is 38.4 Å². The van der Waals surface area contributed by atoms with Gasteiger partial charge in [-0.2, -0.15) is 0 Å². The fourth-order valence-corrected chi connectivity index (χ4v) is 2.49. The number of carbonyl (C=O) groups is 1. The molecule has 1 unspecified atom stereocenters. The van der Waals surface area contributed by atoms with Gasteiger partial charge < -0.3 is 5.32 Å².